The van der Waals surface area contributed by atoms with Crippen molar-refractivity contribution in [2.75, 3.05) is 38.4 Å². The molecular weight excluding hydrogens is 474 g/mol. The molecule has 0 atom stereocenters. The van der Waals surface area contributed by atoms with Crippen LogP contribution in [0.15, 0.2) is 23.5 Å². The van der Waals surface area contributed by atoms with Crippen LogP contribution in [0.1, 0.15) is 31.1 Å². The van der Waals surface area contributed by atoms with E-state index in [0.717, 1.165) is 23.5 Å². The van der Waals surface area contributed by atoms with Gasteiger partial charge in [0.05, 0.1) is 43.3 Å². The summed E-state index contributed by atoms with van der Waals surface area (Å²) in [5, 5.41) is 23.4. The number of thioether (sulfide) groups is 1. The molecule has 0 aliphatic heterocycles. The Morgan fingerprint density at radius 1 is 1.23 bits per heavy atom. The first-order valence-corrected chi connectivity index (χ1v) is 12.1. The first-order valence-electron chi connectivity index (χ1n) is 11.1. The summed E-state index contributed by atoms with van der Waals surface area (Å²) in [6.45, 7) is 7.50. The first kappa shape index (κ1) is 26.0. The van der Waals surface area contributed by atoms with E-state index in [1.165, 1.54) is 38.1 Å². The van der Waals surface area contributed by atoms with Crippen molar-refractivity contribution in [2.24, 2.45) is 5.92 Å². The monoisotopic (exact) mass is 503 g/mol. The Labute approximate surface area is 206 Å². The molecule has 35 heavy (non-hydrogen) atoms. The molecule has 0 aliphatic rings. The molecular formula is C22H29N7O5S. The minimum absolute atomic E-state index is 0.123. The predicted molar refractivity (Wildman–Crippen MR) is 134 cm³/mol. The normalized spacial score (nSPS) is 11.0. The third-order valence-electron chi connectivity index (χ3n) is 4.98. The summed E-state index contributed by atoms with van der Waals surface area (Å²) < 4.78 is 12.0. The first-order chi connectivity index (χ1) is 16.8. The van der Waals surface area contributed by atoms with Crippen molar-refractivity contribution in [3.05, 3.63) is 34.0 Å². The Morgan fingerprint density at radius 2 is 1.94 bits per heavy atom. The van der Waals surface area contributed by atoms with Gasteiger partial charge in [-0.25, -0.2) is 14.6 Å². The Kier molecular flexibility index (Phi) is 8.68. The maximum atomic E-state index is 12.8. The molecule has 13 heteroatoms. The fourth-order valence-corrected chi connectivity index (χ4v) is 3.86. The van der Waals surface area contributed by atoms with Crippen LogP contribution in [-0.4, -0.2) is 63.6 Å². The van der Waals surface area contributed by atoms with E-state index in [2.05, 4.69) is 39.5 Å². The fraction of sp³-hybridized carbons (Fsp3) is 0.455. The van der Waals surface area contributed by atoms with Crippen molar-refractivity contribution >= 4 is 40.2 Å². The van der Waals surface area contributed by atoms with Crippen LogP contribution in [0.25, 0.3) is 11.0 Å². The van der Waals surface area contributed by atoms with Crippen LogP contribution in [-0.2, 0) is 6.54 Å². The number of aromatic nitrogens is 4. The second-order valence-corrected chi connectivity index (χ2v) is 9.14. The number of fused-ring (bicyclic) bond motifs is 1. The Bertz CT molecular complexity index is 1210. The number of methoxy groups -OCH3 is 2. The van der Waals surface area contributed by atoms with E-state index in [9.17, 15) is 14.9 Å². The quantitative estimate of drug-likeness (QED) is 0.163. The molecule has 0 spiro atoms. The number of rotatable bonds is 12. The van der Waals surface area contributed by atoms with Gasteiger partial charge in [-0.2, -0.15) is 5.10 Å². The number of carbonyl (C=O) groups is 1. The summed E-state index contributed by atoms with van der Waals surface area (Å²) in [6.07, 6.45) is 1.69. The Morgan fingerprint density at radius 3 is 2.57 bits per heavy atom. The van der Waals surface area contributed by atoms with Gasteiger partial charge < -0.3 is 20.1 Å². The number of nitrogens with zero attached hydrogens (tertiary/aromatic N) is 5. The summed E-state index contributed by atoms with van der Waals surface area (Å²) >= 11 is 1.53. The van der Waals surface area contributed by atoms with E-state index < -0.39 is 10.8 Å². The van der Waals surface area contributed by atoms with Crippen molar-refractivity contribution in [3.8, 4) is 11.5 Å². The number of ether oxygens (including phenoxy) is 2. The molecule has 188 valence electrons. The number of carbonyl (C=O) groups excluding carboxylic acids is 1. The van der Waals surface area contributed by atoms with Gasteiger partial charge in [0.15, 0.2) is 22.3 Å². The lowest BCUT2D eigenvalue weighted by atomic mass is 10.1. The maximum absolute atomic E-state index is 12.8. The molecule has 2 heterocycles. The molecule has 2 N–H and O–H groups in total. The van der Waals surface area contributed by atoms with E-state index in [-0.39, 0.29) is 29.3 Å². The standard InChI is InChI=1S/C22H29N7O5S/c1-6-35-22-26-19(24-11-13(2)3)15-12-25-28(20(15)27-22)8-7-23-21(30)14-9-17(33-4)18(34-5)10-16(14)29(31)32/h9-10,12-13H,6-8,11H2,1-5H3,(H,23,30)(H,24,26,27). The molecule has 1 amide bonds. The average molecular weight is 504 g/mol. The maximum Gasteiger partial charge on any atom is 0.286 e. The highest BCUT2D eigenvalue weighted by Crippen LogP contribution is 2.34. The SMILES string of the molecule is CCSc1nc(NCC(C)C)c2cnn(CCNC(=O)c3cc(OC)c(OC)cc3[N+](=O)[O-])c2n1. The van der Waals surface area contributed by atoms with Crippen molar-refractivity contribution in [1.82, 2.24) is 25.1 Å². The Balaban J connectivity index is 1.80. The highest BCUT2D eigenvalue weighted by Gasteiger charge is 2.24. The van der Waals surface area contributed by atoms with E-state index >= 15 is 0 Å². The average Bonchev–Trinajstić information content (AvgIpc) is 3.24. The molecule has 1 aromatic carbocycles. The highest BCUT2D eigenvalue weighted by atomic mass is 32.2. The smallest absolute Gasteiger partial charge is 0.286 e. The molecule has 0 saturated carbocycles. The van der Waals surface area contributed by atoms with Gasteiger partial charge in [0.2, 0.25) is 0 Å². The van der Waals surface area contributed by atoms with Crippen LogP contribution < -0.4 is 20.1 Å². The van der Waals surface area contributed by atoms with Crippen LogP contribution >= 0.6 is 11.8 Å². The number of amides is 1. The van der Waals surface area contributed by atoms with Gasteiger partial charge in [0, 0.05) is 19.2 Å². The predicted octanol–water partition coefficient (Wildman–Crippen LogP) is 3.36. The summed E-state index contributed by atoms with van der Waals surface area (Å²) in [7, 11) is 2.76. The third kappa shape index (κ3) is 6.10. The molecule has 0 unspecified atom stereocenters. The minimum Gasteiger partial charge on any atom is -0.493 e. The van der Waals surface area contributed by atoms with Crippen LogP contribution in [0.5, 0.6) is 11.5 Å². The van der Waals surface area contributed by atoms with Gasteiger partial charge in [0.25, 0.3) is 11.6 Å². The van der Waals surface area contributed by atoms with Gasteiger partial charge >= 0.3 is 0 Å². The van der Waals surface area contributed by atoms with Gasteiger partial charge in [-0.15, -0.1) is 0 Å². The van der Waals surface area contributed by atoms with E-state index in [0.29, 0.717) is 23.3 Å². The molecule has 3 aromatic rings. The van der Waals surface area contributed by atoms with Gasteiger partial charge in [0.1, 0.15) is 11.4 Å². The van der Waals surface area contributed by atoms with Crippen LogP contribution in [0.4, 0.5) is 11.5 Å². The Hall–Kier alpha value is -3.61. The summed E-state index contributed by atoms with van der Waals surface area (Å²) in [4.78, 5) is 32.9. The summed E-state index contributed by atoms with van der Waals surface area (Å²) in [5.41, 5.74) is 0.148. The summed E-state index contributed by atoms with van der Waals surface area (Å²) in [5.74, 6) is 1.76. The van der Waals surface area contributed by atoms with E-state index in [1.54, 1.807) is 10.9 Å². The van der Waals surface area contributed by atoms with Crippen LogP contribution in [0.3, 0.4) is 0 Å². The third-order valence-corrected chi connectivity index (χ3v) is 5.71. The molecule has 0 fully saturated rings. The lowest BCUT2D eigenvalue weighted by Crippen LogP contribution is -2.28. The van der Waals surface area contributed by atoms with E-state index in [4.69, 9.17) is 9.47 Å². The van der Waals surface area contributed by atoms with Gasteiger partial charge in [-0.1, -0.05) is 32.5 Å². The van der Waals surface area contributed by atoms with Crippen molar-refractivity contribution in [2.45, 2.75) is 32.5 Å². The van der Waals surface area contributed by atoms with Crippen LogP contribution in [0, 0.1) is 16.0 Å². The molecule has 0 radical (unpaired) electrons. The fourth-order valence-electron chi connectivity index (χ4n) is 3.30. The second-order valence-electron chi connectivity index (χ2n) is 7.90. The number of nitrogens with one attached hydrogen (secondary N) is 2. The lowest BCUT2D eigenvalue weighted by molar-refractivity contribution is -0.385. The van der Waals surface area contributed by atoms with Gasteiger partial charge in [-0.05, 0) is 11.7 Å². The zero-order chi connectivity index (χ0) is 25.5. The number of benzene rings is 1. The molecule has 0 aliphatic carbocycles. The van der Waals surface area contributed by atoms with Gasteiger partial charge in [-0.3, -0.25) is 14.9 Å². The van der Waals surface area contributed by atoms with Crippen molar-refractivity contribution in [3.63, 3.8) is 0 Å². The second kappa shape index (κ2) is 11.7. The largest absolute Gasteiger partial charge is 0.493 e. The zero-order valence-corrected chi connectivity index (χ0v) is 21.1. The highest BCUT2D eigenvalue weighted by molar-refractivity contribution is 7.99. The van der Waals surface area contributed by atoms with E-state index in [1.807, 2.05) is 6.92 Å². The van der Waals surface area contributed by atoms with Crippen LogP contribution in [0.2, 0.25) is 0 Å². The number of hydrogen-bond acceptors (Lipinski definition) is 10. The number of nitro benzene ring substituents is 1. The lowest BCUT2D eigenvalue weighted by Gasteiger charge is -2.12. The van der Waals surface area contributed by atoms with Crippen molar-refractivity contribution < 1.29 is 19.2 Å². The number of hydrogen-bond donors (Lipinski definition) is 2. The molecule has 0 bridgehead atoms. The minimum atomic E-state index is -0.632. The zero-order valence-electron chi connectivity index (χ0n) is 20.3. The number of nitro groups is 1. The summed E-state index contributed by atoms with van der Waals surface area (Å²) in [6, 6.07) is 2.47. The molecule has 0 saturated heterocycles. The molecule has 3 rings (SSSR count). The topological polar surface area (TPSA) is 146 Å². The van der Waals surface area contributed by atoms with Crippen molar-refractivity contribution in [1.29, 1.82) is 0 Å². The molecule has 12 nitrogen and oxygen atoms in total. The molecule has 2 aromatic heterocycles. The number of anilines is 1.